The normalized spacial score (nSPS) is 14.9. The Morgan fingerprint density at radius 1 is 1.20 bits per heavy atom. The number of hydrogen-bond donors (Lipinski definition) is 1. The first-order valence-electron chi connectivity index (χ1n) is 8.37. The molecule has 25 heavy (non-hydrogen) atoms. The van der Waals surface area contributed by atoms with Crippen LogP contribution in [0.15, 0.2) is 24.3 Å². The minimum atomic E-state index is -0.636. The number of benzene rings is 1. The summed E-state index contributed by atoms with van der Waals surface area (Å²) in [5.74, 6) is -1.17. The van der Waals surface area contributed by atoms with Crippen LogP contribution in [0.5, 0.6) is 0 Å². The minimum absolute atomic E-state index is 0.0109. The third-order valence-electron chi connectivity index (χ3n) is 4.36. The summed E-state index contributed by atoms with van der Waals surface area (Å²) in [5, 5.41) is 3.16. The molecule has 0 saturated carbocycles. The number of likely N-dealkylation sites (N-methyl/N-ethyl adjacent to an activating group) is 1. The van der Waals surface area contributed by atoms with Crippen LogP contribution in [-0.4, -0.2) is 35.2 Å². The molecule has 0 aliphatic carbocycles. The Balaban J connectivity index is 1.70. The van der Waals surface area contributed by atoms with Gasteiger partial charge in [0, 0.05) is 30.0 Å². The fourth-order valence-electron chi connectivity index (χ4n) is 2.78. The van der Waals surface area contributed by atoms with E-state index >= 15 is 0 Å². The summed E-state index contributed by atoms with van der Waals surface area (Å²) in [6.07, 6.45) is 0.875. The molecule has 2 heterocycles. The number of amides is 1. The molecule has 132 valence electrons. The SMILES string of the molecule is CN1CCc2nc(NC(=O)C(=O)c3ccc(C(C)(C)C)cc3)sc2C1. The predicted molar refractivity (Wildman–Crippen MR) is 100 cm³/mol. The number of fused-ring (bicyclic) bond motifs is 1. The average molecular weight is 357 g/mol. The zero-order chi connectivity index (χ0) is 18.2. The number of rotatable bonds is 3. The molecule has 1 aromatic heterocycles. The largest absolute Gasteiger partial charge is 0.301 e. The highest BCUT2D eigenvalue weighted by Gasteiger charge is 2.22. The number of nitrogens with zero attached hydrogens (tertiary/aromatic N) is 2. The number of hydrogen-bond acceptors (Lipinski definition) is 5. The highest BCUT2D eigenvalue weighted by Crippen LogP contribution is 2.28. The van der Waals surface area contributed by atoms with Gasteiger partial charge >= 0.3 is 0 Å². The number of anilines is 1. The number of aromatic nitrogens is 1. The molecule has 3 rings (SSSR count). The van der Waals surface area contributed by atoms with E-state index in [0.29, 0.717) is 10.7 Å². The highest BCUT2D eigenvalue weighted by atomic mass is 32.1. The molecule has 0 spiro atoms. The quantitative estimate of drug-likeness (QED) is 0.677. The predicted octanol–water partition coefficient (Wildman–Crippen LogP) is 3.25. The Morgan fingerprint density at radius 3 is 2.52 bits per heavy atom. The Kier molecular flexibility index (Phi) is 4.75. The first-order chi connectivity index (χ1) is 11.7. The first-order valence-corrected chi connectivity index (χ1v) is 9.19. The van der Waals surface area contributed by atoms with Crippen LogP contribution in [0.1, 0.15) is 47.3 Å². The Bertz CT molecular complexity index is 803. The molecule has 1 N–H and O–H groups in total. The molecule has 0 bridgehead atoms. The van der Waals surface area contributed by atoms with E-state index in [-0.39, 0.29) is 5.41 Å². The number of ketones is 1. The molecular weight excluding hydrogens is 334 g/mol. The molecule has 0 atom stereocenters. The van der Waals surface area contributed by atoms with E-state index in [1.807, 2.05) is 12.1 Å². The fraction of sp³-hybridized carbons (Fsp3) is 0.421. The van der Waals surface area contributed by atoms with Crippen molar-refractivity contribution in [2.75, 3.05) is 18.9 Å². The summed E-state index contributed by atoms with van der Waals surface area (Å²) >= 11 is 1.45. The molecule has 0 fully saturated rings. The van der Waals surface area contributed by atoms with Crippen LogP contribution in [-0.2, 0) is 23.2 Å². The van der Waals surface area contributed by atoms with Gasteiger partial charge in [0.2, 0.25) is 0 Å². The van der Waals surface area contributed by atoms with Crippen LogP contribution in [0.25, 0.3) is 0 Å². The van der Waals surface area contributed by atoms with Crippen molar-refractivity contribution in [3.8, 4) is 0 Å². The van der Waals surface area contributed by atoms with Crippen molar-refractivity contribution in [3.63, 3.8) is 0 Å². The monoisotopic (exact) mass is 357 g/mol. The zero-order valence-corrected chi connectivity index (χ0v) is 15.9. The lowest BCUT2D eigenvalue weighted by molar-refractivity contribution is -0.112. The minimum Gasteiger partial charge on any atom is -0.301 e. The van der Waals surface area contributed by atoms with Gasteiger partial charge in [0.1, 0.15) is 0 Å². The topological polar surface area (TPSA) is 62.3 Å². The van der Waals surface area contributed by atoms with Crippen LogP contribution in [0.2, 0.25) is 0 Å². The van der Waals surface area contributed by atoms with Gasteiger partial charge in [0.25, 0.3) is 11.7 Å². The van der Waals surface area contributed by atoms with Gasteiger partial charge in [-0.3, -0.25) is 14.9 Å². The van der Waals surface area contributed by atoms with Gasteiger partial charge in [-0.25, -0.2) is 4.98 Å². The molecule has 0 unspecified atom stereocenters. The van der Waals surface area contributed by atoms with Crippen LogP contribution >= 0.6 is 11.3 Å². The Morgan fingerprint density at radius 2 is 1.88 bits per heavy atom. The lowest BCUT2D eigenvalue weighted by atomic mass is 9.86. The lowest BCUT2D eigenvalue weighted by Gasteiger charge is -2.20. The first kappa shape index (κ1) is 17.8. The maximum atomic E-state index is 12.4. The van der Waals surface area contributed by atoms with Crippen molar-refractivity contribution in [2.45, 2.75) is 39.2 Å². The van der Waals surface area contributed by atoms with Crippen molar-refractivity contribution >= 4 is 28.2 Å². The van der Waals surface area contributed by atoms with Crippen molar-refractivity contribution in [1.29, 1.82) is 0 Å². The van der Waals surface area contributed by atoms with Crippen LogP contribution < -0.4 is 5.32 Å². The number of carbonyl (C=O) groups is 2. The standard InChI is InChI=1S/C19H23N3O2S/c1-19(2,3)13-7-5-12(6-8-13)16(23)17(24)21-18-20-14-9-10-22(4)11-15(14)25-18/h5-8H,9-11H2,1-4H3,(H,20,21,24). The number of thiazole rings is 1. The summed E-state index contributed by atoms with van der Waals surface area (Å²) in [4.78, 5) is 32.5. The summed E-state index contributed by atoms with van der Waals surface area (Å²) in [5.41, 5.74) is 2.56. The molecule has 5 nitrogen and oxygen atoms in total. The molecule has 0 radical (unpaired) electrons. The van der Waals surface area contributed by atoms with Crippen LogP contribution in [0, 0.1) is 0 Å². The van der Waals surface area contributed by atoms with Crippen molar-refractivity contribution in [2.24, 2.45) is 0 Å². The third-order valence-corrected chi connectivity index (χ3v) is 5.36. The highest BCUT2D eigenvalue weighted by molar-refractivity contribution is 7.16. The Hall–Kier alpha value is -2.05. The molecule has 1 amide bonds. The zero-order valence-electron chi connectivity index (χ0n) is 15.0. The third kappa shape index (κ3) is 3.96. The van der Waals surface area contributed by atoms with Gasteiger partial charge in [-0.15, -0.1) is 11.3 Å². The van der Waals surface area contributed by atoms with Gasteiger partial charge in [0.15, 0.2) is 5.13 Å². The molecule has 1 aliphatic heterocycles. The van der Waals surface area contributed by atoms with Gasteiger partial charge < -0.3 is 4.90 Å². The van der Waals surface area contributed by atoms with Crippen molar-refractivity contribution < 1.29 is 9.59 Å². The van der Waals surface area contributed by atoms with Crippen LogP contribution in [0.3, 0.4) is 0 Å². The van der Waals surface area contributed by atoms with Crippen molar-refractivity contribution in [1.82, 2.24) is 9.88 Å². The second-order valence-corrected chi connectivity index (χ2v) is 8.57. The molecule has 1 aliphatic rings. The van der Waals surface area contributed by atoms with E-state index in [9.17, 15) is 9.59 Å². The number of carbonyl (C=O) groups excluding carboxylic acids is 2. The smallest absolute Gasteiger partial charge is 0.298 e. The molecule has 6 heteroatoms. The molecular formula is C19H23N3O2S. The summed E-state index contributed by atoms with van der Waals surface area (Å²) in [6.45, 7) is 8.13. The van der Waals surface area contributed by atoms with Gasteiger partial charge in [-0.05, 0) is 18.0 Å². The maximum absolute atomic E-state index is 12.4. The second kappa shape index (κ2) is 6.69. The number of Topliss-reactive ketones (excluding diaryl/α,β-unsaturated/α-hetero) is 1. The van der Waals surface area contributed by atoms with Gasteiger partial charge in [-0.2, -0.15) is 0 Å². The maximum Gasteiger partial charge on any atom is 0.298 e. The average Bonchev–Trinajstić information content (AvgIpc) is 2.94. The second-order valence-electron chi connectivity index (χ2n) is 7.49. The van der Waals surface area contributed by atoms with Crippen LogP contribution in [0.4, 0.5) is 5.13 Å². The molecule has 0 saturated heterocycles. The lowest BCUT2D eigenvalue weighted by Crippen LogP contribution is -2.25. The van der Waals surface area contributed by atoms with E-state index in [4.69, 9.17) is 0 Å². The molecule has 2 aromatic rings. The fourth-order valence-corrected chi connectivity index (χ4v) is 3.87. The van der Waals surface area contributed by atoms with E-state index in [1.54, 1.807) is 12.1 Å². The Labute approximate surface area is 152 Å². The summed E-state index contributed by atoms with van der Waals surface area (Å²) in [7, 11) is 2.06. The molecule has 1 aromatic carbocycles. The van der Waals surface area contributed by atoms with E-state index in [1.165, 1.54) is 11.3 Å². The van der Waals surface area contributed by atoms with Gasteiger partial charge in [-0.1, -0.05) is 45.0 Å². The van der Waals surface area contributed by atoms with E-state index < -0.39 is 11.7 Å². The van der Waals surface area contributed by atoms with E-state index in [0.717, 1.165) is 35.6 Å². The summed E-state index contributed by atoms with van der Waals surface area (Å²) in [6, 6.07) is 7.23. The van der Waals surface area contributed by atoms with E-state index in [2.05, 4.69) is 43.0 Å². The summed E-state index contributed by atoms with van der Waals surface area (Å²) < 4.78 is 0. The number of nitrogens with one attached hydrogen (secondary N) is 1. The van der Waals surface area contributed by atoms with Gasteiger partial charge in [0.05, 0.1) is 5.69 Å². The van der Waals surface area contributed by atoms with Crippen molar-refractivity contribution in [3.05, 3.63) is 46.0 Å².